The smallest absolute Gasteiger partial charge is 0.320 e. The van der Waals surface area contributed by atoms with Crippen molar-refractivity contribution >= 4 is 11.2 Å². The summed E-state index contributed by atoms with van der Waals surface area (Å²) in [4.78, 5) is 30.8. The molecule has 2 aromatic heterocycles. The Hall–Kier alpha value is -3.48. The Bertz CT molecular complexity index is 1310. The lowest BCUT2D eigenvalue weighted by atomic mass is 10.2. The Kier molecular flexibility index (Phi) is 4.66. The van der Waals surface area contributed by atoms with Crippen molar-refractivity contribution in [2.75, 3.05) is 0 Å². The highest BCUT2D eigenvalue weighted by Gasteiger charge is 2.20. The summed E-state index contributed by atoms with van der Waals surface area (Å²) >= 11 is 0. The molecule has 0 atom stereocenters. The molecular weight excluding hydrogens is 371 g/mol. The Morgan fingerprint density at radius 1 is 1.07 bits per heavy atom. The lowest BCUT2D eigenvalue weighted by Gasteiger charge is -2.15. The number of nitrogens with zero attached hydrogens (tertiary/aromatic N) is 4. The van der Waals surface area contributed by atoms with Crippen LogP contribution in [0.25, 0.3) is 16.9 Å². The van der Waals surface area contributed by atoms with E-state index in [0.717, 1.165) is 11.1 Å². The maximum atomic E-state index is 13.2. The van der Waals surface area contributed by atoms with Gasteiger partial charge in [-0.25, -0.2) is 18.7 Å². The first-order chi connectivity index (χ1) is 13.9. The molecule has 0 N–H and O–H groups in total. The van der Waals surface area contributed by atoms with Crippen molar-refractivity contribution in [3.8, 4) is 5.69 Å². The molecule has 0 spiro atoms. The van der Waals surface area contributed by atoms with Gasteiger partial charge in [-0.15, -0.1) is 0 Å². The molecule has 0 aliphatic heterocycles. The quantitative estimate of drug-likeness (QED) is 0.535. The van der Waals surface area contributed by atoms with Crippen LogP contribution >= 0.6 is 0 Å². The zero-order valence-electron chi connectivity index (χ0n) is 16.5. The number of hydrogen-bond donors (Lipinski definition) is 0. The van der Waals surface area contributed by atoms with Crippen molar-refractivity contribution in [2.24, 2.45) is 0 Å². The minimum absolute atomic E-state index is 0.310. The number of imidazole rings is 1. The van der Waals surface area contributed by atoms with E-state index >= 15 is 0 Å². The van der Waals surface area contributed by atoms with Crippen LogP contribution in [0.15, 0.2) is 64.4 Å². The van der Waals surface area contributed by atoms with Gasteiger partial charge < -0.3 is 4.57 Å². The van der Waals surface area contributed by atoms with E-state index in [0.29, 0.717) is 23.4 Å². The number of aryl methyl sites for hydroxylation is 1. The van der Waals surface area contributed by atoms with Gasteiger partial charge in [0.25, 0.3) is 5.56 Å². The molecule has 148 valence electrons. The van der Waals surface area contributed by atoms with Crippen LogP contribution in [0.4, 0.5) is 4.39 Å². The van der Waals surface area contributed by atoms with E-state index in [1.54, 1.807) is 36.9 Å². The molecule has 0 unspecified atom stereocenters. The normalized spacial score (nSPS) is 11.5. The van der Waals surface area contributed by atoms with Gasteiger partial charge in [0.05, 0.1) is 12.0 Å². The van der Waals surface area contributed by atoms with Crippen LogP contribution in [0.1, 0.15) is 31.0 Å². The topological polar surface area (TPSA) is 61.8 Å². The highest BCUT2D eigenvalue weighted by molar-refractivity contribution is 5.72. The SMILES string of the molecule is Cc1cccc(-n2c(=O)n(C(C)C)c(=O)c3c2ncn3Cc2ccc(F)cc2)c1. The summed E-state index contributed by atoms with van der Waals surface area (Å²) in [5, 5.41) is 0. The molecule has 0 radical (unpaired) electrons. The third-order valence-electron chi connectivity index (χ3n) is 4.89. The third-order valence-corrected chi connectivity index (χ3v) is 4.89. The fourth-order valence-corrected chi connectivity index (χ4v) is 3.51. The molecule has 6 nitrogen and oxygen atoms in total. The van der Waals surface area contributed by atoms with Gasteiger partial charge >= 0.3 is 5.69 Å². The third kappa shape index (κ3) is 3.29. The average molecular weight is 392 g/mol. The highest BCUT2D eigenvalue weighted by Crippen LogP contribution is 2.16. The largest absolute Gasteiger partial charge is 0.337 e. The van der Waals surface area contributed by atoms with Crippen LogP contribution in [-0.4, -0.2) is 18.7 Å². The number of benzene rings is 2. The van der Waals surface area contributed by atoms with Crippen LogP contribution in [0.2, 0.25) is 0 Å². The summed E-state index contributed by atoms with van der Waals surface area (Å²) in [6.07, 6.45) is 1.55. The van der Waals surface area contributed by atoms with Gasteiger partial charge in [0, 0.05) is 12.6 Å². The molecule has 2 aromatic carbocycles. The van der Waals surface area contributed by atoms with E-state index in [4.69, 9.17) is 0 Å². The van der Waals surface area contributed by atoms with Gasteiger partial charge in [-0.2, -0.15) is 0 Å². The van der Waals surface area contributed by atoms with Gasteiger partial charge in [0.15, 0.2) is 11.2 Å². The van der Waals surface area contributed by atoms with Crippen LogP contribution in [0, 0.1) is 12.7 Å². The summed E-state index contributed by atoms with van der Waals surface area (Å²) in [6.45, 7) is 5.89. The maximum Gasteiger partial charge on any atom is 0.337 e. The number of fused-ring (bicyclic) bond motifs is 1. The summed E-state index contributed by atoms with van der Waals surface area (Å²) in [5.41, 5.74) is 2.32. The molecule has 0 bridgehead atoms. The Labute approximate surface area is 166 Å². The van der Waals surface area contributed by atoms with Crippen LogP contribution in [0.3, 0.4) is 0 Å². The number of aromatic nitrogens is 4. The molecule has 7 heteroatoms. The van der Waals surface area contributed by atoms with Gasteiger partial charge in [-0.05, 0) is 56.2 Å². The number of hydrogen-bond acceptors (Lipinski definition) is 3. The molecule has 2 heterocycles. The lowest BCUT2D eigenvalue weighted by Crippen LogP contribution is -2.41. The zero-order valence-corrected chi connectivity index (χ0v) is 16.5. The molecule has 0 amide bonds. The Morgan fingerprint density at radius 2 is 1.79 bits per heavy atom. The van der Waals surface area contributed by atoms with Gasteiger partial charge in [-0.3, -0.25) is 9.36 Å². The highest BCUT2D eigenvalue weighted by atomic mass is 19.1. The van der Waals surface area contributed by atoms with Gasteiger partial charge in [-0.1, -0.05) is 24.3 Å². The van der Waals surface area contributed by atoms with Crippen molar-refractivity contribution in [3.63, 3.8) is 0 Å². The van der Waals surface area contributed by atoms with E-state index in [1.807, 2.05) is 31.2 Å². The van der Waals surface area contributed by atoms with E-state index in [-0.39, 0.29) is 17.4 Å². The Balaban J connectivity index is 2.01. The van der Waals surface area contributed by atoms with E-state index < -0.39 is 5.69 Å². The molecule has 0 saturated heterocycles. The Morgan fingerprint density at radius 3 is 2.45 bits per heavy atom. The summed E-state index contributed by atoms with van der Waals surface area (Å²) in [5.74, 6) is -0.320. The van der Waals surface area contributed by atoms with E-state index in [2.05, 4.69) is 4.98 Å². The fourth-order valence-electron chi connectivity index (χ4n) is 3.51. The minimum Gasteiger partial charge on any atom is -0.320 e. The summed E-state index contributed by atoms with van der Waals surface area (Å²) < 4.78 is 17.7. The maximum absolute atomic E-state index is 13.2. The summed E-state index contributed by atoms with van der Waals surface area (Å²) in [6, 6.07) is 13.3. The second-order valence-corrected chi connectivity index (χ2v) is 7.40. The molecule has 4 rings (SSSR count). The molecule has 0 aliphatic rings. The fraction of sp³-hybridized carbons (Fsp3) is 0.227. The van der Waals surface area contributed by atoms with Gasteiger partial charge in [0.1, 0.15) is 5.82 Å². The summed E-state index contributed by atoms with van der Waals surface area (Å²) in [7, 11) is 0. The molecular formula is C22H21FN4O2. The molecule has 0 saturated carbocycles. The standard InChI is InChI=1S/C22H21FN4O2/c1-14(2)26-21(28)19-20(27(22(26)29)18-6-4-5-15(3)11-18)24-13-25(19)12-16-7-9-17(23)10-8-16/h4-11,13-14H,12H2,1-3H3. The van der Waals surface area contributed by atoms with Crippen molar-refractivity contribution in [2.45, 2.75) is 33.4 Å². The van der Waals surface area contributed by atoms with E-state index in [1.165, 1.54) is 21.3 Å². The second-order valence-electron chi connectivity index (χ2n) is 7.40. The van der Waals surface area contributed by atoms with Crippen LogP contribution < -0.4 is 11.2 Å². The first-order valence-corrected chi connectivity index (χ1v) is 9.40. The van der Waals surface area contributed by atoms with Crippen molar-refractivity contribution in [3.05, 3.63) is 92.6 Å². The zero-order chi connectivity index (χ0) is 20.7. The van der Waals surface area contributed by atoms with Crippen LogP contribution in [0.5, 0.6) is 0 Å². The van der Waals surface area contributed by atoms with Crippen molar-refractivity contribution < 1.29 is 4.39 Å². The monoisotopic (exact) mass is 392 g/mol. The lowest BCUT2D eigenvalue weighted by molar-refractivity contribution is 0.539. The first kappa shape index (κ1) is 18.9. The average Bonchev–Trinajstić information content (AvgIpc) is 3.07. The predicted octanol–water partition coefficient (Wildman–Crippen LogP) is 3.43. The van der Waals surface area contributed by atoms with E-state index in [9.17, 15) is 14.0 Å². The minimum atomic E-state index is -0.421. The number of halogens is 1. The van der Waals surface area contributed by atoms with Crippen molar-refractivity contribution in [1.82, 2.24) is 18.7 Å². The number of rotatable bonds is 4. The molecule has 4 aromatic rings. The first-order valence-electron chi connectivity index (χ1n) is 9.40. The van der Waals surface area contributed by atoms with Crippen LogP contribution in [-0.2, 0) is 6.54 Å². The predicted molar refractivity (Wildman–Crippen MR) is 110 cm³/mol. The molecule has 29 heavy (non-hydrogen) atoms. The van der Waals surface area contributed by atoms with Gasteiger partial charge in [0.2, 0.25) is 0 Å². The molecule has 0 fully saturated rings. The second kappa shape index (κ2) is 7.16. The molecule has 0 aliphatic carbocycles. The van der Waals surface area contributed by atoms with Crippen molar-refractivity contribution in [1.29, 1.82) is 0 Å².